The molecule has 166 valence electrons. The number of methoxy groups -OCH3 is 1. The van der Waals surface area contributed by atoms with Gasteiger partial charge in [0, 0.05) is 51.1 Å². The van der Waals surface area contributed by atoms with Crippen molar-refractivity contribution in [1.82, 2.24) is 10.2 Å². The van der Waals surface area contributed by atoms with Gasteiger partial charge in [-0.2, -0.15) is 0 Å². The number of hydrogen-bond acceptors (Lipinski definition) is 5. The molecule has 2 aromatic carbocycles. The number of carbonyl (C=O) groups excluding carboxylic acids is 3. The molecule has 0 aromatic heterocycles. The molecule has 0 radical (unpaired) electrons. The van der Waals surface area contributed by atoms with Crippen LogP contribution in [0.15, 0.2) is 48.5 Å². The van der Waals surface area contributed by atoms with Crippen LogP contribution in [0.3, 0.4) is 0 Å². The van der Waals surface area contributed by atoms with E-state index in [1.807, 2.05) is 24.3 Å². The summed E-state index contributed by atoms with van der Waals surface area (Å²) < 4.78 is 4.90. The van der Waals surface area contributed by atoms with Crippen molar-refractivity contribution in [1.29, 1.82) is 0 Å². The Balaban J connectivity index is 1.80. The van der Waals surface area contributed by atoms with Crippen LogP contribution >= 0.6 is 0 Å². The van der Waals surface area contributed by atoms with Crippen LogP contribution in [0.5, 0.6) is 0 Å². The summed E-state index contributed by atoms with van der Waals surface area (Å²) >= 11 is 0. The molecule has 2 aromatic rings. The zero-order chi connectivity index (χ0) is 22.6. The molecule has 2 rings (SSSR count). The van der Waals surface area contributed by atoms with Crippen molar-refractivity contribution in [2.45, 2.75) is 12.8 Å². The SMILES string of the molecule is COCCNC(=O)c1ccc(NCC(=O)Nc2cccc(CCC(=O)N(C)C)c2)cc1. The van der Waals surface area contributed by atoms with Crippen LogP contribution in [0.25, 0.3) is 0 Å². The van der Waals surface area contributed by atoms with Crippen LogP contribution in [0.4, 0.5) is 11.4 Å². The summed E-state index contributed by atoms with van der Waals surface area (Å²) in [6, 6.07) is 14.4. The van der Waals surface area contributed by atoms with Gasteiger partial charge in [0.25, 0.3) is 5.91 Å². The number of carbonyl (C=O) groups is 3. The topological polar surface area (TPSA) is 99.8 Å². The number of rotatable bonds is 11. The lowest BCUT2D eigenvalue weighted by molar-refractivity contribution is -0.128. The Morgan fingerprint density at radius 3 is 2.42 bits per heavy atom. The molecule has 0 fully saturated rings. The number of amides is 3. The van der Waals surface area contributed by atoms with E-state index in [9.17, 15) is 14.4 Å². The van der Waals surface area contributed by atoms with Crippen molar-refractivity contribution in [3.8, 4) is 0 Å². The van der Waals surface area contributed by atoms with Gasteiger partial charge in [-0.25, -0.2) is 0 Å². The molecular weight excluding hydrogens is 396 g/mol. The van der Waals surface area contributed by atoms with E-state index >= 15 is 0 Å². The zero-order valence-electron chi connectivity index (χ0n) is 18.2. The fraction of sp³-hybridized carbons (Fsp3) is 0.348. The third kappa shape index (κ3) is 8.47. The minimum absolute atomic E-state index is 0.0668. The van der Waals surface area contributed by atoms with E-state index < -0.39 is 0 Å². The fourth-order valence-electron chi connectivity index (χ4n) is 2.78. The van der Waals surface area contributed by atoms with Crippen LogP contribution in [0.1, 0.15) is 22.3 Å². The summed E-state index contributed by atoms with van der Waals surface area (Å²) in [5.74, 6) is -0.298. The first kappa shape index (κ1) is 23.9. The Hall–Kier alpha value is -3.39. The van der Waals surface area contributed by atoms with Gasteiger partial charge in [-0.1, -0.05) is 12.1 Å². The van der Waals surface area contributed by atoms with E-state index in [0.717, 1.165) is 11.3 Å². The highest BCUT2D eigenvalue weighted by molar-refractivity contribution is 5.95. The van der Waals surface area contributed by atoms with Gasteiger partial charge in [-0.05, 0) is 48.4 Å². The highest BCUT2D eigenvalue weighted by atomic mass is 16.5. The molecule has 0 aliphatic rings. The van der Waals surface area contributed by atoms with Crippen molar-refractivity contribution < 1.29 is 19.1 Å². The maximum absolute atomic E-state index is 12.3. The van der Waals surface area contributed by atoms with Crippen molar-refractivity contribution in [3.05, 3.63) is 59.7 Å². The largest absolute Gasteiger partial charge is 0.383 e. The number of nitrogens with one attached hydrogen (secondary N) is 3. The highest BCUT2D eigenvalue weighted by Crippen LogP contribution is 2.13. The average molecular weight is 427 g/mol. The van der Waals surface area contributed by atoms with E-state index in [-0.39, 0.29) is 24.3 Å². The van der Waals surface area contributed by atoms with Gasteiger partial charge in [0.1, 0.15) is 0 Å². The molecule has 0 spiro atoms. The predicted molar refractivity (Wildman–Crippen MR) is 121 cm³/mol. The minimum Gasteiger partial charge on any atom is -0.383 e. The monoisotopic (exact) mass is 426 g/mol. The summed E-state index contributed by atoms with van der Waals surface area (Å²) in [7, 11) is 5.04. The van der Waals surface area contributed by atoms with E-state index in [4.69, 9.17) is 4.74 Å². The highest BCUT2D eigenvalue weighted by Gasteiger charge is 2.08. The Kier molecular flexibility index (Phi) is 9.51. The van der Waals surface area contributed by atoms with Crippen molar-refractivity contribution >= 4 is 29.1 Å². The molecule has 0 unspecified atom stereocenters. The van der Waals surface area contributed by atoms with E-state index in [2.05, 4.69) is 16.0 Å². The molecule has 0 bridgehead atoms. The number of aryl methyl sites for hydroxylation is 1. The first-order chi connectivity index (χ1) is 14.9. The lowest BCUT2D eigenvalue weighted by atomic mass is 10.1. The number of hydrogen-bond donors (Lipinski definition) is 3. The Bertz CT molecular complexity index is 881. The number of benzene rings is 2. The first-order valence-electron chi connectivity index (χ1n) is 10.1. The second kappa shape index (κ2) is 12.3. The summed E-state index contributed by atoms with van der Waals surface area (Å²) in [4.78, 5) is 37.5. The van der Waals surface area contributed by atoms with Crippen LogP contribution < -0.4 is 16.0 Å². The second-order valence-corrected chi connectivity index (χ2v) is 7.22. The van der Waals surface area contributed by atoms with Crippen LogP contribution in [0, 0.1) is 0 Å². The van der Waals surface area contributed by atoms with E-state index in [1.54, 1.807) is 50.4 Å². The van der Waals surface area contributed by atoms with Gasteiger partial charge in [-0.15, -0.1) is 0 Å². The predicted octanol–water partition coefficient (Wildman–Crippen LogP) is 2.13. The van der Waals surface area contributed by atoms with Gasteiger partial charge in [-0.3, -0.25) is 14.4 Å². The molecule has 0 aliphatic carbocycles. The molecule has 3 N–H and O–H groups in total. The van der Waals surface area contributed by atoms with Crippen LogP contribution in [-0.2, 0) is 20.7 Å². The minimum atomic E-state index is -0.192. The number of nitrogens with zero attached hydrogens (tertiary/aromatic N) is 1. The normalized spacial score (nSPS) is 10.3. The fourth-order valence-corrected chi connectivity index (χ4v) is 2.78. The molecule has 0 saturated carbocycles. The number of anilines is 2. The van der Waals surface area contributed by atoms with Gasteiger partial charge < -0.3 is 25.6 Å². The Labute approximate surface area is 183 Å². The Morgan fingerprint density at radius 1 is 1.00 bits per heavy atom. The third-order valence-electron chi connectivity index (χ3n) is 4.53. The van der Waals surface area contributed by atoms with E-state index in [1.165, 1.54) is 0 Å². The number of ether oxygens (including phenoxy) is 1. The zero-order valence-corrected chi connectivity index (χ0v) is 18.2. The molecule has 3 amide bonds. The molecule has 0 heterocycles. The first-order valence-corrected chi connectivity index (χ1v) is 10.1. The lowest BCUT2D eigenvalue weighted by Gasteiger charge is -2.11. The molecule has 31 heavy (non-hydrogen) atoms. The lowest BCUT2D eigenvalue weighted by Crippen LogP contribution is -2.26. The quantitative estimate of drug-likeness (QED) is 0.478. The summed E-state index contributed by atoms with van der Waals surface area (Å²) in [6.07, 6.45) is 1.04. The van der Waals surface area contributed by atoms with Gasteiger partial charge in [0.15, 0.2) is 0 Å². The molecule has 8 heteroatoms. The van der Waals surface area contributed by atoms with Crippen molar-refractivity contribution in [2.75, 3.05) is 51.5 Å². The molecule has 0 aliphatic heterocycles. The third-order valence-corrected chi connectivity index (χ3v) is 4.53. The van der Waals surface area contributed by atoms with Crippen LogP contribution in [-0.4, -0.2) is 63.5 Å². The van der Waals surface area contributed by atoms with Gasteiger partial charge in [0.05, 0.1) is 13.2 Å². The van der Waals surface area contributed by atoms with Gasteiger partial charge in [0.2, 0.25) is 11.8 Å². The standard InChI is InChI=1S/C23H30N4O4/c1-27(2)22(29)12-7-17-5-4-6-20(15-17)26-21(28)16-25-19-10-8-18(9-11-19)23(30)24-13-14-31-3/h4-6,8-11,15,25H,7,12-14,16H2,1-3H3,(H,24,30)(H,26,28). The van der Waals surface area contributed by atoms with Crippen molar-refractivity contribution in [2.24, 2.45) is 0 Å². The maximum Gasteiger partial charge on any atom is 0.251 e. The average Bonchev–Trinajstić information content (AvgIpc) is 2.76. The second-order valence-electron chi connectivity index (χ2n) is 7.22. The van der Waals surface area contributed by atoms with Gasteiger partial charge >= 0.3 is 0 Å². The van der Waals surface area contributed by atoms with E-state index in [0.29, 0.717) is 37.2 Å². The molecular formula is C23H30N4O4. The molecule has 8 nitrogen and oxygen atoms in total. The molecule has 0 saturated heterocycles. The summed E-state index contributed by atoms with van der Waals surface area (Å²) in [6.45, 7) is 0.989. The van der Waals surface area contributed by atoms with Crippen LogP contribution in [0.2, 0.25) is 0 Å². The summed E-state index contributed by atoms with van der Waals surface area (Å²) in [5.41, 5.74) is 2.94. The Morgan fingerprint density at radius 2 is 1.74 bits per heavy atom. The smallest absolute Gasteiger partial charge is 0.251 e. The molecule has 0 atom stereocenters. The maximum atomic E-state index is 12.3. The van der Waals surface area contributed by atoms with Crippen molar-refractivity contribution in [3.63, 3.8) is 0 Å². The summed E-state index contributed by atoms with van der Waals surface area (Å²) in [5, 5.41) is 8.64.